The number of likely N-dealkylation sites (tertiary alicyclic amines) is 1. The molecule has 1 saturated heterocycles. The number of nitriles is 1. The fourth-order valence-corrected chi connectivity index (χ4v) is 5.56. The van der Waals surface area contributed by atoms with Gasteiger partial charge in [-0.2, -0.15) is 10.2 Å². The van der Waals surface area contributed by atoms with E-state index in [0.29, 0.717) is 47.6 Å². The zero-order chi connectivity index (χ0) is 25.9. The van der Waals surface area contributed by atoms with Gasteiger partial charge in [-0.3, -0.25) is 0 Å². The van der Waals surface area contributed by atoms with E-state index in [-0.39, 0.29) is 36.6 Å². The maximum Gasteiger partial charge on any atom is 0.317 e. The lowest BCUT2D eigenvalue weighted by Gasteiger charge is -2.32. The topological polar surface area (TPSA) is 125 Å². The minimum Gasteiger partial charge on any atom is -0.490 e. The molecule has 9 nitrogen and oxygen atoms in total. The number of nitrogens with one attached hydrogen (secondary N) is 1. The maximum absolute atomic E-state index is 12.9. The van der Waals surface area contributed by atoms with Gasteiger partial charge in [0.2, 0.25) is 0 Å². The third-order valence-corrected chi connectivity index (χ3v) is 7.54. The average Bonchev–Trinajstić information content (AvgIpc) is 3.56. The highest BCUT2D eigenvalue weighted by atomic mass is 16.5. The Morgan fingerprint density at radius 3 is 2.84 bits per heavy atom. The number of aliphatic hydroxyl groups excluding tert-OH is 1. The molecule has 194 valence electrons. The standard InChI is InChI=1S/C28H33N5O4/c1-17(2)36-25-9-6-19(14-20(25)15-29)27-31-26(32-37-27)23-5-3-4-22-21(23)7-8-24(22)30-28(35)33-12-10-18(16-34)11-13-33/h3-6,9,14,17-18,21,23-24,34H,7-8,10-13,16H2,1-2H3,(H,30,35). The van der Waals surface area contributed by atoms with Crippen molar-refractivity contribution in [2.45, 2.75) is 57.6 Å². The molecule has 3 unspecified atom stereocenters. The van der Waals surface area contributed by atoms with Crippen LogP contribution in [0, 0.1) is 23.2 Å². The van der Waals surface area contributed by atoms with Crippen LogP contribution in [0.5, 0.6) is 5.75 Å². The summed E-state index contributed by atoms with van der Waals surface area (Å²) < 4.78 is 11.3. The highest BCUT2D eigenvalue weighted by Gasteiger charge is 2.39. The highest BCUT2D eigenvalue weighted by molar-refractivity contribution is 5.75. The van der Waals surface area contributed by atoms with E-state index in [1.165, 1.54) is 5.57 Å². The number of carbonyl (C=O) groups is 1. The lowest BCUT2D eigenvalue weighted by Crippen LogP contribution is -2.48. The normalized spacial score (nSPS) is 23.5. The summed E-state index contributed by atoms with van der Waals surface area (Å²) in [6, 6.07) is 7.42. The quantitative estimate of drug-likeness (QED) is 0.606. The van der Waals surface area contributed by atoms with Gasteiger partial charge in [-0.15, -0.1) is 0 Å². The first-order chi connectivity index (χ1) is 18.0. The summed E-state index contributed by atoms with van der Waals surface area (Å²) in [6.45, 7) is 5.38. The smallest absolute Gasteiger partial charge is 0.317 e. The second-order valence-corrected chi connectivity index (χ2v) is 10.3. The van der Waals surface area contributed by atoms with Crippen LogP contribution in [0.2, 0.25) is 0 Å². The van der Waals surface area contributed by atoms with Crippen molar-refractivity contribution in [2.75, 3.05) is 19.7 Å². The third kappa shape index (κ3) is 5.25. The van der Waals surface area contributed by atoms with Gasteiger partial charge in [-0.25, -0.2) is 4.79 Å². The second kappa shape index (κ2) is 10.8. The largest absolute Gasteiger partial charge is 0.490 e. The first-order valence-electron chi connectivity index (χ1n) is 13.1. The summed E-state index contributed by atoms with van der Waals surface area (Å²) >= 11 is 0. The summed E-state index contributed by atoms with van der Waals surface area (Å²) in [7, 11) is 0. The van der Waals surface area contributed by atoms with Gasteiger partial charge in [0.1, 0.15) is 11.8 Å². The number of benzene rings is 1. The Balaban J connectivity index is 1.26. The van der Waals surface area contributed by atoms with Crippen molar-refractivity contribution in [3.63, 3.8) is 0 Å². The van der Waals surface area contributed by atoms with E-state index in [4.69, 9.17) is 9.26 Å². The number of fused-ring (bicyclic) bond motifs is 1. The minimum absolute atomic E-state index is 0.0152. The van der Waals surface area contributed by atoms with Crippen LogP contribution in [0.25, 0.3) is 11.5 Å². The number of urea groups is 1. The molecule has 2 aliphatic carbocycles. The number of aromatic nitrogens is 2. The van der Waals surface area contributed by atoms with Crippen LogP contribution in [-0.4, -0.2) is 58.0 Å². The molecule has 0 spiro atoms. The van der Waals surface area contributed by atoms with Crippen molar-refractivity contribution in [3.05, 3.63) is 53.4 Å². The van der Waals surface area contributed by atoms with E-state index in [9.17, 15) is 15.2 Å². The number of hydrogen-bond acceptors (Lipinski definition) is 7. The van der Waals surface area contributed by atoms with Crippen LogP contribution in [-0.2, 0) is 0 Å². The Hall–Kier alpha value is -3.64. The number of ether oxygens (including phenoxy) is 1. The second-order valence-electron chi connectivity index (χ2n) is 10.3. The van der Waals surface area contributed by atoms with E-state index in [1.54, 1.807) is 12.1 Å². The predicted molar refractivity (Wildman–Crippen MR) is 137 cm³/mol. The Morgan fingerprint density at radius 2 is 2.11 bits per heavy atom. The summed E-state index contributed by atoms with van der Waals surface area (Å²) in [5.74, 6) is 1.94. The van der Waals surface area contributed by atoms with Gasteiger partial charge in [0.05, 0.1) is 17.7 Å². The molecule has 0 bridgehead atoms. The molecule has 9 heteroatoms. The van der Waals surface area contributed by atoms with Crippen LogP contribution in [0.4, 0.5) is 4.79 Å². The van der Waals surface area contributed by atoms with E-state index < -0.39 is 0 Å². The van der Waals surface area contributed by atoms with E-state index in [1.807, 2.05) is 30.9 Å². The van der Waals surface area contributed by atoms with Crippen molar-refractivity contribution in [2.24, 2.45) is 11.8 Å². The van der Waals surface area contributed by atoms with Gasteiger partial charge in [0.25, 0.3) is 5.89 Å². The number of piperidine rings is 1. The fourth-order valence-electron chi connectivity index (χ4n) is 5.56. The molecule has 1 saturated carbocycles. The van der Waals surface area contributed by atoms with Crippen LogP contribution in [0.15, 0.2) is 46.5 Å². The summed E-state index contributed by atoms with van der Waals surface area (Å²) in [5, 5.41) is 26.4. The van der Waals surface area contributed by atoms with Crippen LogP contribution < -0.4 is 10.1 Å². The Kier molecular flexibility index (Phi) is 7.28. The van der Waals surface area contributed by atoms with Crippen molar-refractivity contribution in [1.29, 1.82) is 5.26 Å². The van der Waals surface area contributed by atoms with Gasteiger partial charge in [0.15, 0.2) is 5.82 Å². The number of rotatable bonds is 6. The molecule has 0 radical (unpaired) electrons. The molecule has 1 aromatic carbocycles. The lowest BCUT2D eigenvalue weighted by atomic mass is 9.83. The summed E-state index contributed by atoms with van der Waals surface area (Å²) in [4.78, 5) is 19.4. The zero-order valence-electron chi connectivity index (χ0n) is 21.3. The summed E-state index contributed by atoms with van der Waals surface area (Å²) in [6.07, 6.45) is 9.63. The van der Waals surface area contributed by atoms with Crippen molar-refractivity contribution >= 4 is 6.03 Å². The first kappa shape index (κ1) is 25.0. The van der Waals surface area contributed by atoms with Gasteiger partial charge in [0, 0.05) is 31.2 Å². The molecular formula is C28H33N5O4. The van der Waals surface area contributed by atoms with Crippen LogP contribution in [0.1, 0.15) is 56.8 Å². The summed E-state index contributed by atoms with van der Waals surface area (Å²) in [5.41, 5.74) is 2.28. The molecule has 3 atom stereocenters. The zero-order valence-corrected chi connectivity index (χ0v) is 21.3. The molecule has 5 rings (SSSR count). The first-order valence-corrected chi connectivity index (χ1v) is 13.1. The van der Waals surface area contributed by atoms with Gasteiger partial charge in [-0.05, 0) is 75.1 Å². The molecule has 1 aromatic heterocycles. The number of aliphatic hydroxyl groups is 1. The lowest BCUT2D eigenvalue weighted by molar-refractivity contribution is 0.136. The molecular weight excluding hydrogens is 470 g/mol. The Morgan fingerprint density at radius 1 is 1.30 bits per heavy atom. The Labute approximate surface area is 216 Å². The molecule has 3 aliphatic rings. The number of allylic oxidation sites excluding steroid dienone is 3. The number of carbonyl (C=O) groups excluding carboxylic acids is 1. The molecule has 2 aromatic rings. The van der Waals surface area contributed by atoms with E-state index >= 15 is 0 Å². The SMILES string of the molecule is CC(C)Oc1ccc(-c2nc(C3C=CC=C4C(NC(=O)N5CCC(CO)CC5)CCC43)no2)cc1C#N. The molecule has 2 amide bonds. The highest BCUT2D eigenvalue weighted by Crippen LogP contribution is 2.44. The van der Waals surface area contributed by atoms with Crippen LogP contribution in [0.3, 0.4) is 0 Å². The number of nitrogens with zero attached hydrogens (tertiary/aromatic N) is 4. The fraction of sp³-hybridized carbons (Fsp3) is 0.500. The van der Waals surface area contributed by atoms with Crippen molar-refractivity contribution in [1.82, 2.24) is 20.4 Å². The van der Waals surface area contributed by atoms with Crippen molar-refractivity contribution in [3.8, 4) is 23.3 Å². The molecule has 2 heterocycles. The molecule has 1 aliphatic heterocycles. The van der Waals surface area contributed by atoms with Crippen LogP contribution >= 0.6 is 0 Å². The minimum atomic E-state index is -0.0429. The van der Waals surface area contributed by atoms with E-state index in [2.05, 4.69) is 33.7 Å². The molecule has 2 N–H and O–H groups in total. The molecule has 2 fully saturated rings. The van der Waals surface area contributed by atoms with Gasteiger partial charge < -0.3 is 24.6 Å². The molecule has 37 heavy (non-hydrogen) atoms. The average molecular weight is 504 g/mol. The number of amides is 2. The van der Waals surface area contributed by atoms with Gasteiger partial charge in [-0.1, -0.05) is 23.4 Å². The maximum atomic E-state index is 12.9. The van der Waals surface area contributed by atoms with Crippen molar-refractivity contribution < 1.29 is 19.2 Å². The van der Waals surface area contributed by atoms with Gasteiger partial charge >= 0.3 is 6.03 Å². The number of hydrogen-bond donors (Lipinski definition) is 2. The monoisotopic (exact) mass is 503 g/mol. The third-order valence-electron chi connectivity index (χ3n) is 7.54. The Bertz CT molecular complexity index is 1240. The predicted octanol–water partition coefficient (Wildman–Crippen LogP) is 4.17. The van der Waals surface area contributed by atoms with E-state index in [0.717, 1.165) is 25.7 Å².